The molecule has 0 saturated heterocycles. The molecule has 2 aromatic heterocycles. The van der Waals surface area contributed by atoms with Crippen LogP contribution in [0.15, 0.2) is 22.7 Å². The van der Waals surface area contributed by atoms with Crippen molar-refractivity contribution in [3.05, 3.63) is 41.4 Å². The second-order valence-electron chi connectivity index (χ2n) is 3.38. The van der Waals surface area contributed by atoms with Crippen molar-refractivity contribution in [3.8, 4) is 6.07 Å². The molecule has 0 aromatic carbocycles. The van der Waals surface area contributed by atoms with Crippen LogP contribution >= 0.6 is 0 Å². The average Bonchev–Trinajstić information content (AvgIpc) is 2.75. The van der Waals surface area contributed by atoms with Gasteiger partial charge in [0, 0.05) is 6.20 Å². The minimum Gasteiger partial charge on any atom is -0.444 e. The van der Waals surface area contributed by atoms with E-state index >= 15 is 0 Å². The first kappa shape index (κ1) is 9.53. The van der Waals surface area contributed by atoms with E-state index in [1.807, 2.05) is 30.7 Å². The van der Waals surface area contributed by atoms with E-state index in [4.69, 9.17) is 9.68 Å². The van der Waals surface area contributed by atoms with Crippen LogP contribution in [0.4, 0.5) is 0 Å². The third-order valence-electron chi connectivity index (χ3n) is 2.32. The molecule has 15 heavy (non-hydrogen) atoms. The number of oxazole rings is 1. The van der Waals surface area contributed by atoms with Crippen molar-refractivity contribution < 1.29 is 4.42 Å². The van der Waals surface area contributed by atoms with E-state index in [0.29, 0.717) is 18.1 Å². The van der Waals surface area contributed by atoms with Gasteiger partial charge in [-0.15, -0.1) is 0 Å². The molecule has 0 atom stereocenters. The number of aromatic nitrogens is 2. The van der Waals surface area contributed by atoms with E-state index in [-0.39, 0.29) is 0 Å². The highest BCUT2D eigenvalue weighted by molar-refractivity contribution is 5.22. The zero-order chi connectivity index (χ0) is 10.8. The van der Waals surface area contributed by atoms with E-state index in [2.05, 4.69) is 11.1 Å². The summed E-state index contributed by atoms with van der Waals surface area (Å²) in [5, 5.41) is 8.82. The summed E-state index contributed by atoms with van der Waals surface area (Å²) in [6, 6.07) is 5.71. The molecular formula is C11H11N3O. The number of nitriles is 1. The van der Waals surface area contributed by atoms with Crippen molar-refractivity contribution in [1.82, 2.24) is 9.55 Å². The van der Waals surface area contributed by atoms with Crippen molar-refractivity contribution >= 4 is 0 Å². The van der Waals surface area contributed by atoms with Gasteiger partial charge in [-0.1, -0.05) is 0 Å². The SMILES string of the molecule is Cc1nc(Cn2cccc2C#N)oc1C. The third-order valence-corrected chi connectivity index (χ3v) is 2.32. The highest BCUT2D eigenvalue weighted by Crippen LogP contribution is 2.11. The molecule has 76 valence electrons. The van der Waals surface area contributed by atoms with E-state index in [1.165, 1.54) is 0 Å². The number of aryl methyl sites for hydroxylation is 2. The molecular weight excluding hydrogens is 190 g/mol. The lowest BCUT2D eigenvalue weighted by Gasteiger charge is -1.99. The summed E-state index contributed by atoms with van der Waals surface area (Å²) in [7, 11) is 0. The topological polar surface area (TPSA) is 54.8 Å². The summed E-state index contributed by atoms with van der Waals surface area (Å²) in [6.07, 6.45) is 1.84. The van der Waals surface area contributed by atoms with Crippen molar-refractivity contribution in [3.63, 3.8) is 0 Å². The highest BCUT2D eigenvalue weighted by Gasteiger charge is 2.07. The zero-order valence-corrected chi connectivity index (χ0v) is 8.69. The molecule has 0 radical (unpaired) electrons. The standard InChI is InChI=1S/C11H11N3O/c1-8-9(2)15-11(13-8)7-14-5-3-4-10(14)6-12/h3-5H,7H2,1-2H3. The monoisotopic (exact) mass is 201 g/mol. The predicted octanol–water partition coefficient (Wildman–Crippen LogP) is 2.01. The van der Waals surface area contributed by atoms with Gasteiger partial charge in [0.25, 0.3) is 0 Å². The van der Waals surface area contributed by atoms with E-state index < -0.39 is 0 Å². The van der Waals surface area contributed by atoms with Gasteiger partial charge in [-0.05, 0) is 26.0 Å². The van der Waals surface area contributed by atoms with Gasteiger partial charge >= 0.3 is 0 Å². The van der Waals surface area contributed by atoms with Crippen LogP contribution in [-0.2, 0) is 6.54 Å². The summed E-state index contributed by atoms with van der Waals surface area (Å²) in [5.41, 5.74) is 1.51. The lowest BCUT2D eigenvalue weighted by molar-refractivity contribution is 0.456. The lowest BCUT2D eigenvalue weighted by Crippen LogP contribution is -2.00. The molecule has 0 saturated carbocycles. The highest BCUT2D eigenvalue weighted by atomic mass is 16.4. The molecule has 2 rings (SSSR count). The maximum absolute atomic E-state index is 8.82. The lowest BCUT2D eigenvalue weighted by atomic mass is 10.4. The average molecular weight is 201 g/mol. The van der Waals surface area contributed by atoms with Crippen LogP contribution in [0.1, 0.15) is 23.0 Å². The number of hydrogen-bond acceptors (Lipinski definition) is 3. The largest absolute Gasteiger partial charge is 0.444 e. The van der Waals surface area contributed by atoms with Crippen LogP contribution in [0.3, 0.4) is 0 Å². The fourth-order valence-corrected chi connectivity index (χ4v) is 1.41. The molecule has 4 nitrogen and oxygen atoms in total. The Kier molecular flexibility index (Phi) is 2.30. The normalized spacial score (nSPS) is 10.2. The second-order valence-corrected chi connectivity index (χ2v) is 3.38. The van der Waals surface area contributed by atoms with Crippen LogP contribution in [0, 0.1) is 25.2 Å². The van der Waals surface area contributed by atoms with Crippen molar-refractivity contribution in [2.45, 2.75) is 20.4 Å². The molecule has 0 spiro atoms. The van der Waals surface area contributed by atoms with Gasteiger partial charge in [-0.3, -0.25) is 0 Å². The molecule has 2 heterocycles. The third kappa shape index (κ3) is 1.77. The molecule has 0 aliphatic carbocycles. The summed E-state index contributed by atoms with van der Waals surface area (Å²) >= 11 is 0. The Balaban J connectivity index is 2.26. The Bertz CT molecular complexity index is 497. The number of nitrogens with zero attached hydrogens (tertiary/aromatic N) is 3. The fourth-order valence-electron chi connectivity index (χ4n) is 1.41. The molecule has 0 unspecified atom stereocenters. The van der Waals surface area contributed by atoms with Gasteiger partial charge in [-0.2, -0.15) is 5.26 Å². The fraction of sp³-hybridized carbons (Fsp3) is 0.273. The Labute approximate surface area is 87.8 Å². The maximum Gasteiger partial charge on any atom is 0.214 e. The van der Waals surface area contributed by atoms with Gasteiger partial charge in [0.05, 0.1) is 12.2 Å². The first-order chi connectivity index (χ1) is 7.20. The Morgan fingerprint density at radius 3 is 2.93 bits per heavy atom. The summed E-state index contributed by atoms with van der Waals surface area (Å²) in [5.74, 6) is 1.47. The summed E-state index contributed by atoms with van der Waals surface area (Å²) in [6.45, 7) is 4.29. The van der Waals surface area contributed by atoms with Gasteiger partial charge in [0.2, 0.25) is 5.89 Å². The Hall–Kier alpha value is -2.02. The Morgan fingerprint density at radius 2 is 2.33 bits per heavy atom. The van der Waals surface area contributed by atoms with Gasteiger partial charge < -0.3 is 8.98 Å². The second kappa shape index (κ2) is 3.62. The van der Waals surface area contributed by atoms with Crippen LogP contribution in [0.2, 0.25) is 0 Å². The predicted molar refractivity (Wildman–Crippen MR) is 54.2 cm³/mol. The van der Waals surface area contributed by atoms with Gasteiger partial charge in [0.15, 0.2) is 0 Å². The molecule has 0 fully saturated rings. The van der Waals surface area contributed by atoms with Crippen LogP contribution in [-0.4, -0.2) is 9.55 Å². The first-order valence-corrected chi connectivity index (χ1v) is 4.69. The van der Waals surface area contributed by atoms with E-state index in [9.17, 15) is 0 Å². The summed E-state index contributed by atoms with van der Waals surface area (Å²) in [4.78, 5) is 4.26. The minimum atomic E-state index is 0.505. The number of hydrogen-bond donors (Lipinski definition) is 0. The van der Waals surface area contributed by atoms with Gasteiger partial charge in [-0.25, -0.2) is 4.98 Å². The molecule has 4 heteroatoms. The van der Waals surface area contributed by atoms with Crippen molar-refractivity contribution in [2.24, 2.45) is 0 Å². The van der Waals surface area contributed by atoms with Crippen molar-refractivity contribution in [1.29, 1.82) is 5.26 Å². The smallest absolute Gasteiger partial charge is 0.214 e. The summed E-state index contributed by atoms with van der Waals surface area (Å²) < 4.78 is 7.26. The Morgan fingerprint density at radius 1 is 1.53 bits per heavy atom. The molecule has 2 aromatic rings. The van der Waals surface area contributed by atoms with E-state index in [0.717, 1.165) is 11.5 Å². The first-order valence-electron chi connectivity index (χ1n) is 4.69. The van der Waals surface area contributed by atoms with Crippen LogP contribution < -0.4 is 0 Å². The van der Waals surface area contributed by atoms with Gasteiger partial charge in [0.1, 0.15) is 17.5 Å². The molecule has 0 aliphatic heterocycles. The number of rotatable bonds is 2. The molecule has 0 bridgehead atoms. The maximum atomic E-state index is 8.82. The quantitative estimate of drug-likeness (QED) is 0.746. The van der Waals surface area contributed by atoms with Crippen LogP contribution in [0.25, 0.3) is 0 Å². The molecule has 0 aliphatic rings. The van der Waals surface area contributed by atoms with Crippen LogP contribution in [0.5, 0.6) is 0 Å². The zero-order valence-electron chi connectivity index (χ0n) is 8.69. The minimum absolute atomic E-state index is 0.505. The van der Waals surface area contributed by atoms with E-state index in [1.54, 1.807) is 6.07 Å². The van der Waals surface area contributed by atoms with Crippen molar-refractivity contribution in [2.75, 3.05) is 0 Å². The molecule has 0 amide bonds. The molecule has 0 N–H and O–H groups in total.